The molecule has 0 aliphatic heterocycles. The van der Waals surface area contributed by atoms with Crippen LogP contribution in [0.2, 0.25) is 5.02 Å². The van der Waals surface area contributed by atoms with E-state index in [1.54, 1.807) is 6.07 Å². The molecule has 1 N–H and O–H groups in total. The van der Waals surface area contributed by atoms with Crippen LogP contribution in [0.1, 0.15) is 23.9 Å². The summed E-state index contributed by atoms with van der Waals surface area (Å²) < 4.78 is 18.8. The predicted molar refractivity (Wildman–Crippen MR) is 82.1 cm³/mol. The van der Waals surface area contributed by atoms with E-state index in [4.69, 9.17) is 16.3 Å². The second kappa shape index (κ2) is 7.38. The molecule has 0 fully saturated rings. The normalized spacial score (nSPS) is 10.7. The average molecular weight is 309 g/mol. The zero-order valence-corrected chi connectivity index (χ0v) is 12.9. The van der Waals surface area contributed by atoms with E-state index in [9.17, 15) is 4.39 Å². The van der Waals surface area contributed by atoms with E-state index >= 15 is 0 Å². The number of nitrogens with zero attached hydrogens (tertiary/aromatic N) is 1. The van der Waals surface area contributed by atoms with E-state index in [1.807, 2.05) is 26.0 Å². The quantitative estimate of drug-likeness (QED) is 0.879. The van der Waals surface area contributed by atoms with Gasteiger partial charge in [0, 0.05) is 17.8 Å². The lowest BCUT2D eigenvalue weighted by Gasteiger charge is -2.12. The van der Waals surface area contributed by atoms with Crippen molar-refractivity contribution in [3.8, 4) is 5.75 Å². The monoisotopic (exact) mass is 308 g/mol. The number of benzene rings is 1. The second-order valence-electron chi connectivity index (χ2n) is 4.70. The van der Waals surface area contributed by atoms with Gasteiger partial charge in [-0.15, -0.1) is 0 Å². The summed E-state index contributed by atoms with van der Waals surface area (Å²) in [6.07, 6.45) is 0. The van der Waals surface area contributed by atoms with Crippen LogP contribution in [-0.2, 0) is 13.2 Å². The highest BCUT2D eigenvalue weighted by Gasteiger charge is 2.08. The van der Waals surface area contributed by atoms with Gasteiger partial charge in [-0.2, -0.15) is 0 Å². The van der Waals surface area contributed by atoms with Gasteiger partial charge in [-0.1, -0.05) is 24.6 Å². The maximum absolute atomic E-state index is 13.0. The number of hydrogen-bond acceptors (Lipinski definition) is 3. The highest BCUT2D eigenvalue weighted by molar-refractivity contribution is 6.31. The molecule has 2 aromatic rings. The van der Waals surface area contributed by atoms with Crippen LogP contribution in [0, 0.1) is 12.7 Å². The molecule has 0 atom stereocenters. The number of pyridine rings is 1. The number of aryl methyl sites for hydroxylation is 1. The Labute approximate surface area is 129 Å². The third-order valence-corrected chi connectivity index (χ3v) is 3.36. The molecule has 1 heterocycles. The summed E-state index contributed by atoms with van der Waals surface area (Å²) >= 11 is 6.00. The standard InChI is InChI=1S/C16H18ClFN2O/c1-3-19-9-15-16(7-4-11(2)20-15)21-10-12-5-6-13(18)8-14(12)17/h4-8,19H,3,9-10H2,1-2H3. The number of hydrogen-bond donors (Lipinski definition) is 1. The Morgan fingerprint density at radius 1 is 1.29 bits per heavy atom. The van der Waals surface area contributed by atoms with E-state index < -0.39 is 0 Å². The van der Waals surface area contributed by atoms with Gasteiger partial charge in [-0.25, -0.2) is 4.39 Å². The molecule has 5 heteroatoms. The number of aromatic nitrogens is 1. The molecule has 1 aromatic heterocycles. The van der Waals surface area contributed by atoms with Crippen LogP contribution in [0.4, 0.5) is 4.39 Å². The molecule has 2 rings (SSSR count). The van der Waals surface area contributed by atoms with Crippen molar-refractivity contribution in [1.82, 2.24) is 10.3 Å². The van der Waals surface area contributed by atoms with Crippen LogP contribution in [0.25, 0.3) is 0 Å². The topological polar surface area (TPSA) is 34.2 Å². The predicted octanol–water partition coefficient (Wildman–Crippen LogP) is 3.87. The van der Waals surface area contributed by atoms with Gasteiger partial charge < -0.3 is 10.1 Å². The molecular formula is C16H18ClFN2O. The van der Waals surface area contributed by atoms with Gasteiger partial charge in [0.25, 0.3) is 0 Å². The van der Waals surface area contributed by atoms with Crippen LogP contribution >= 0.6 is 11.6 Å². The molecule has 0 bridgehead atoms. The smallest absolute Gasteiger partial charge is 0.142 e. The van der Waals surface area contributed by atoms with Crippen LogP contribution in [0.15, 0.2) is 30.3 Å². The minimum atomic E-state index is -0.353. The van der Waals surface area contributed by atoms with E-state index in [-0.39, 0.29) is 12.4 Å². The number of nitrogens with one attached hydrogen (secondary N) is 1. The molecule has 3 nitrogen and oxygen atoms in total. The fourth-order valence-electron chi connectivity index (χ4n) is 1.89. The van der Waals surface area contributed by atoms with Gasteiger partial charge in [0.2, 0.25) is 0 Å². The van der Waals surface area contributed by atoms with Crippen molar-refractivity contribution in [2.45, 2.75) is 27.0 Å². The lowest BCUT2D eigenvalue weighted by molar-refractivity contribution is 0.300. The summed E-state index contributed by atoms with van der Waals surface area (Å²) in [4.78, 5) is 4.48. The lowest BCUT2D eigenvalue weighted by Crippen LogP contribution is -2.14. The summed E-state index contributed by atoms with van der Waals surface area (Å²) in [5, 5.41) is 3.60. The Balaban J connectivity index is 2.11. The van der Waals surface area contributed by atoms with Gasteiger partial charge in [-0.05, 0) is 37.7 Å². The number of rotatable bonds is 6. The summed E-state index contributed by atoms with van der Waals surface area (Å²) in [6.45, 7) is 5.76. The average Bonchev–Trinajstić information content (AvgIpc) is 2.45. The van der Waals surface area contributed by atoms with Gasteiger partial charge in [-0.3, -0.25) is 4.98 Å². The Morgan fingerprint density at radius 3 is 2.81 bits per heavy atom. The maximum atomic E-state index is 13.0. The molecule has 21 heavy (non-hydrogen) atoms. The van der Waals surface area contributed by atoms with Crippen molar-refractivity contribution in [2.24, 2.45) is 0 Å². The summed E-state index contributed by atoms with van der Waals surface area (Å²) in [7, 11) is 0. The molecule has 0 saturated heterocycles. The molecule has 0 unspecified atom stereocenters. The summed E-state index contributed by atoms with van der Waals surface area (Å²) in [5.74, 6) is 0.357. The van der Waals surface area contributed by atoms with Crippen molar-refractivity contribution in [2.75, 3.05) is 6.54 Å². The first kappa shape index (κ1) is 15.7. The molecule has 0 radical (unpaired) electrons. The van der Waals surface area contributed by atoms with Crippen molar-refractivity contribution in [3.05, 3.63) is 58.1 Å². The first-order valence-electron chi connectivity index (χ1n) is 6.84. The molecule has 0 spiro atoms. The molecule has 0 amide bonds. The molecule has 0 aliphatic rings. The number of halogens is 2. The Kier molecular flexibility index (Phi) is 5.53. The van der Waals surface area contributed by atoms with Gasteiger partial charge >= 0.3 is 0 Å². The van der Waals surface area contributed by atoms with Crippen molar-refractivity contribution in [1.29, 1.82) is 0 Å². The van der Waals surface area contributed by atoms with Crippen LogP contribution in [0.3, 0.4) is 0 Å². The zero-order valence-electron chi connectivity index (χ0n) is 12.1. The molecular weight excluding hydrogens is 291 g/mol. The van der Waals surface area contributed by atoms with Gasteiger partial charge in [0.05, 0.1) is 10.7 Å². The highest BCUT2D eigenvalue weighted by atomic mass is 35.5. The minimum Gasteiger partial charge on any atom is -0.487 e. The Hall–Kier alpha value is -1.65. The van der Waals surface area contributed by atoms with Crippen molar-refractivity contribution >= 4 is 11.6 Å². The highest BCUT2D eigenvalue weighted by Crippen LogP contribution is 2.22. The van der Waals surface area contributed by atoms with Crippen molar-refractivity contribution in [3.63, 3.8) is 0 Å². The fraction of sp³-hybridized carbons (Fsp3) is 0.312. The molecule has 0 saturated carbocycles. The van der Waals surface area contributed by atoms with Gasteiger partial charge in [0.15, 0.2) is 0 Å². The molecule has 1 aromatic carbocycles. The Morgan fingerprint density at radius 2 is 2.10 bits per heavy atom. The largest absolute Gasteiger partial charge is 0.487 e. The van der Waals surface area contributed by atoms with E-state index in [2.05, 4.69) is 10.3 Å². The third kappa shape index (κ3) is 4.41. The lowest BCUT2D eigenvalue weighted by atomic mass is 10.2. The molecule has 112 valence electrons. The van der Waals surface area contributed by atoms with Crippen LogP contribution in [0.5, 0.6) is 5.75 Å². The summed E-state index contributed by atoms with van der Waals surface area (Å²) in [5.41, 5.74) is 2.54. The first-order valence-corrected chi connectivity index (χ1v) is 7.22. The van der Waals surface area contributed by atoms with Gasteiger partial charge in [0.1, 0.15) is 18.2 Å². The zero-order chi connectivity index (χ0) is 15.2. The summed E-state index contributed by atoms with van der Waals surface area (Å²) in [6, 6.07) is 8.08. The SMILES string of the molecule is CCNCc1nc(C)ccc1OCc1ccc(F)cc1Cl. The van der Waals surface area contributed by atoms with E-state index in [0.717, 1.165) is 23.5 Å². The van der Waals surface area contributed by atoms with Crippen LogP contribution in [-0.4, -0.2) is 11.5 Å². The fourth-order valence-corrected chi connectivity index (χ4v) is 2.12. The maximum Gasteiger partial charge on any atom is 0.142 e. The van der Waals surface area contributed by atoms with Crippen molar-refractivity contribution < 1.29 is 9.13 Å². The first-order chi connectivity index (χ1) is 10.1. The minimum absolute atomic E-state index is 0.281. The van der Waals surface area contributed by atoms with E-state index in [0.29, 0.717) is 17.3 Å². The van der Waals surface area contributed by atoms with E-state index in [1.165, 1.54) is 12.1 Å². The Bertz CT molecular complexity index is 619. The third-order valence-electron chi connectivity index (χ3n) is 3.01. The van der Waals surface area contributed by atoms with Crippen LogP contribution < -0.4 is 10.1 Å². The second-order valence-corrected chi connectivity index (χ2v) is 5.11. The number of ether oxygens (including phenoxy) is 1. The molecule has 0 aliphatic carbocycles.